The Labute approximate surface area is 104 Å². The summed E-state index contributed by atoms with van der Waals surface area (Å²) in [5.41, 5.74) is 0.957. The van der Waals surface area contributed by atoms with Gasteiger partial charge in [0.2, 0.25) is 0 Å². The lowest BCUT2D eigenvalue weighted by molar-refractivity contribution is -0.116. The number of carbonyl (C=O) groups excluding carboxylic acids is 1. The van der Waals surface area contributed by atoms with Gasteiger partial charge in [-0.1, -0.05) is 15.9 Å². The molecule has 0 bridgehead atoms. The summed E-state index contributed by atoms with van der Waals surface area (Å²) in [6.45, 7) is 1.56. The van der Waals surface area contributed by atoms with Gasteiger partial charge in [-0.05, 0) is 37.1 Å². The summed E-state index contributed by atoms with van der Waals surface area (Å²) in [5, 5.41) is 0. The third kappa shape index (κ3) is 3.23. The van der Waals surface area contributed by atoms with Gasteiger partial charge in [0.25, 0.3) is 0 Å². The number of ketones is 1. The standard InChI is InChI=1S/C12H15BrO3/c1-8(14)11(13)7-9-6-10(15-2)4-5-12(9)16-3/h4-6,11H,7H2,1-3H3. The molecule has 0 amide bonds. The second kappa shape index (κ2) is 5.89. The molecule has 0 saturated carbocycles. The Morgan fingerprint density at radius 3 is 2.56 bits per heavy atom. The first-order chi connectivity index (χ1) is 7.58. The minimum absolute atomic E-state index is 0.102. The van der Waals surface area contributed by atoms with Crippen LogP contribution in [0.5, 0.6) is 11.5 Å². The summed E-state index contributed by atoms with van der Waals surface area (Å²) >= 11 is 3.34. The maximum Gasteiger partial charge on any atom is 0.143 e. The minimum atomic E-state index is -0.187. The third-order valence-corrected chi connectivity index (χ3v) is 3.30. The lowest BCUT2D eigenvalue weighted by atomic mass is 10.1. The van der Waals surface area contributed by atoms with Crippen LogP contribution >= 0.6 is 15.9 Å². The molecule has 0 N–H and O–H groups in total. The van der Waals surface area contributed by atoms with Crippen LogP contribution in [-0.4, -0.2) is 24.8 Å². The quantitative estimate of drug-likeness (QED) is 0.781. The molecule has 0 saturated heterocycles. The summed E-state index contributed by atoms with van der Waals surface area (Å²) in [6, 6.07) is 5.56. The molecule has 1 atom stereocenters. The molecule has 0 spiro atoms. The summed E-state index contributed by atoms with van der Waals surface area (Å²) in [4.78, 5) is 11.0. The zero-order valence-electron chi connectivity index (χ0n) is 9.62. The van der Waals surface area contributed by atoms with Crippen molar-refractivity contribution >= 4 is 21.7 Å². The maximum absolute atomic E-state index is 11.2. The molecular weight excluding hydrogens is 272 g/mol. The zero-order valence-corrected chi connectivity index (χ0v) is 11.2. The van der Waals surface area contributed by atoms with E-state index in [0.29, 0.717) is 6.42 Å². The number of benzene rings is 1. The van der Waals surface area contributed by atoms with Crippen molar-refractivity contribution in [2.75, 3.05) is 14.2 Å². The Balaban J connectivity index is 2.95. The lowest BCUT2D eigenvalue weighted by Gasteiger charge is -2.12. The van der Waals surface area contributed by atoms with Crippen LogP contribution in [0.1, 0.15) is 12.5 Å². The highest BCUT2D eigenvalue weighted by Crippen LogP contribution is 2.26. The molecule has 1 rings (SSSR count). The van der Waals surface area contributed by atoms with Gasteiger partial charge in [0.15, 0.2) is 0 Å². The molecule has 0 aliphatic heterocycles. The number of ether oxygens (including phenoxy) is 2. The van der Waals surface area contributed by atoms with Gasteiger partial charge >= 0.3 is 0 Å². The average Bonchev–Trinajstić information content (AvgIpc) is 2.28. The van der Waals surface area contributed by atoms with Gasteiger partial charge in [-0.25, -0.2) is 0 Å². The summed E-state index contributed by atoms with van der Waals surface area (Å²) in [6.07, 6.45) is 0.593. The molecule has 16 heavy (non-hydrogen) atoms. The Bertz CT molecular complexity index is 377. The molecule has 4 heteroatoms. The first kappa shape index (κ1) is 13.0. The van der Waals surface area contributed by atoms with Crippen molar-refractivity contribution in [3.63, 3.8) is 0 Å². The Morgan fingerprint density at radius 1 is 1.38 bits per heavy atom. The third-order valence-electron chi connectivity index (χ3n) is 2.33. The number of hydrogen-bond acceptors (Lipinski definition) is 3. The Hall–Kier alpha value is -1.03. The van der Waals surface area contributed by atoms with Crippen molar-refractivity contribution in [2.24, 2.45) is 0 Å². The van der Waals surface area contributed by atoms with Crippen molar-refractivity contribution in [1.82, 2.24) is 0 Å². The fraction of sp³-hybridized carbons (Fsp3) is 0.417. The number of alkyl halides is 1. The van der Waals surface area contributed by atoms with Gasteiger partial charge in [-0.2, -0.15) is 0 Å². The Morgan fingerprint density at radius 2 is 2.06 bits per heavy atom. The molecule has 0 heterocycles. The molecule has 1 unspecified atom stereocenters. The van der Waals surface area contributed by atoms with E-state index in [0.717, 1.165) is 17.1 Å². The van der Waals surface area contributed by atoms with Crippen LogP contribution in [0.4, 0.5) is 0 Å². The van der Waals surface area contributed by atoms with Crippen molar-refractivity contribution in [3.8, 4) is 11.5 Å². The van der Waals surface area contributed by atoms with Gasteiger partial charge in [0.1, 0.15) is 17.3 Å². The van der Waals surface area contributed by atoms with Crippen LogP contribution < -0.4 is 9.47 Å². The summed E-state index contributed by atoms with van der Waals surface area (Å²) in [7, 11) is 3.23. The van der Waals surface area contributed by atoms with Gasteiger partial charge in [-0.3, -0.25) is 4.79 Å². The smallest absolute Gasteiger partial charge is 0.143 e. The van der Waals surface area contributed by atoms with Crippen molar-refractivity contribution in [1.29, 1.82) is 0 Å². The molecule has 3 nitrogen and oxygen atoms in total. The fourth-order valence-corrected chi connectivity index (χ4v) is 1.73. The van der Waals surface area contributed by atoms with E-state index >= 15 is 0 Å². The van der Waals surface area contributed by atoms with Gasteiger partial charge in [-0.15, -0.1) is 0 Å². The van der Waals surface area contributed by atoms with E-state index in [1.165, 1.54) is 0 Å². The number of hydrogen-bond donors (Lipinski definition) is 0. The predicted molar refractivity (Wildman–Crippen MR) is 66.6 cm³/mol. The maximum atomic E-state index is 11.2. The van der Waals surface area contributed by atoms with Crippen molar-refractivity contribution in [3.05, 3.63) is 23.8 Å². The Kier molecular flexibility index (Phi) is 4.80. The van der Waals surface area contributed by atoms with E-state index in [2.05, 4.69) is 15.9 Å². The zero-order chi connectivity index (χ0) is 12.1. The van der Waals surface area contributed by atoms with E-state index in [1.54, 1.807) is 21.1 Å². The highest BCUT2D eigenvalue weighted by Gasteiger charge is 2.14. The van der Waals surface area contributed by atoms with Crippen molar-refractivity contribution < 1.29 is 14.3 Å². The average molecular weight is 287 g/mol. The molecule has 1 aromatic rings. The van der Waals surface area contributed by atoms with E-state index < -0.39 is 0 Å². The largest absolute Gasteiger partial charge is 0.497 e. The van der Waals surface area contributed by atoms with Crippen LogP contribution in [0.3, 0.4) is 0 Å². The van der Waals surface area contributed by atoms with Crippen LogP contribution in [-0.2, 0) is 11.2 Å². The van der Waals surface area contributed by atoms with Gasteiger partial charge < -0.3 is 9.47 Å². The minimum Gasteiger partial charge on any atom is -0.497 e. The van der Waals surface area contributed by atoms with Crippen LogP contribution in [0.25, 0.3) is 0 Å². The highest BCUT2D eigenvalue weighted by atomic mass is 79.9. The number of carbonyl (C=O) groups is 1. The predicted octanol–water partition coefficient (Wildman–Crippen LogP) is 2.60. The topological polar surface area (TPSA) is 35.5 Å². The number of halogens is 1. The second-order valence-electron chi connectivity index (χ2n) is 3.46. The second-order valence-corrected chi connectivity index (χ2v) is 4.57. The molecule has 0 aliphatic rings. The van der Waals surface area contributed by atoms with Gasteiger partial charge in [0, 0.05) is 0 Å². The summed E-state index contributed by atoms with van der Waals surface area (Å²) in [5.74, 6) is 1.63. The molecule has 88 valence electrons. The number of methoxy groups -OCH3 is 2. The van der Waals surface area contributed by atoms with E-state index in [-0.39, 0.29) is 10.6 Å². The molecule has 0 radical (unpaired) electrons. The highest BCUT2D eigenvalue weighted by molar-refractivity contribution is 9.10. The van der Waals surface area contributed by atoms with Crippen LogP contribution in [0, 0.1) is 0 Å². The van der Waals surface area contributed by atoms with E-state index in [4.69, 9.17) is 9.47 Å². The summed E-state index contributed by atoms with van der Waals surface area (Å²) < 4.78 is 10.4. The molecular formula is C12H15BrO3. The number of Topliss-reactive ketones (excluding diaryl/α,β-unsaturated/α-hetero) is 1. The lowest BCUT2D eigenvalue weighted by Crippen LogP contribution is -2.13. The first-order valence-corrected chi connectivity index (χ1v) is 5.85. The number of rotatable bonds is 5. The van der Waals surface area contributed by atoms with Gasteiger partial charge in [0.05, 0.1) is 19.0 Å². The first-order valence-electron chi connectivity index (χ1n) is 4.94. The molecule has 0 fully saturated rings. The van der Waals surface area contributed by atoms with Crippen LogP contribution in [0.2, 0.25) is 0 Å². The SMILES string of the molecule is COc1ccc(OC)c(CC(Br)C(C)=O)c1. The normalized spacial score (nSPS) is 12.0. The molecule has 0 aliphatic carbocycles. The van der Waals surface area contributed by atoms with Crippen molar-refractivity contribution in [2.45, 2.75) is 18.2 Å². The van der Waals surface area contributed by atoms with Crippen LogP contribution in [0.15, 0.2) is 18.2 Å². The molecule has 0 aromatic heterocycles. The fourth-order valence-electron chi connectivity index (χ4n) is 1.38. The van der Waals surface area contributed by atoms with E-state index in [1.807, 2.05) is 18.2 Å². The monoisotopic (exact) mass is 286 g/mol. The molecule has 1 aromatic carbocycles. The van der Waals surface area contributed by atoms with E-state index in [9.17, 15) is 4.79 Å².